The van der Waals surface area contributed by atoms with Crippen molar-refractivity contribution >= 4 is 0 Å². The number of rotatable bonds is 3. The lowest BCUT2D eigenvalue weighted by atomic mass is 10.1. The molecule has 0 atom stereocenters. The summed E-state index contributed by atoms with van der Waals surface area (Å²) in [5, 5.41) is 9.64. The van der Waals surface area contributed by atoms with Gasteiger partial charge in [-0.1, -0.05) is 6.07 Å². The first-order chi connectivity index (χ1) is 6.20. The Bertz CT molecular complexity index is 299. The maximum absolute atomic E-state index is 9.64. The monoisotopic (exact) mass is 183 g/mol. The van der Waals surface area contributed by atoms with Gasteiger partial charge in [-0.3, -0.25) is 4.84 Å². The number of phenols is 1. The topological polar surface area (TPSA) is 64.7 Å². The van der Waals surface area contributed by atoms with Crippen LogP contribution in [-0.2, 0) is 11.4 Å². The fourth-order valence-corrected chi connectivity index (χ4v) is 1.15. The van der Waals surface area contributed by atoms with E-state index in [0.717, 1.165) is 5.56 Å². The van der Waals surface area contributed by atoms with Crippen molar-refractivity contribution in [1.29, 1.82) is 0 Å². The molecule has 0 fully saturated rings. The zero-order valence-electron chi connectivity index (χ0n) is 7.70. The number of hydrogen-bond acceptors (Lipinski definition) is 4. The SMILES string of the molecule is COc1ccc(C)c(CON)c1O. The maximum atomic E-state index is 9.64. The second-order valence-corrected chi connectivity index (χ2v) is 2.72. The first kappa shape index (κ1) is 9.83. The number of phenolic OH excluding ortho intramolecular Hbond substituents is 1. The van der Waals surface area contributed by atoms with Gasteiger partial charge in [-0.25, -0.2) is 5.90 Å². The van der Waals surface area contributed by atoms with Crippen molar-refractivity contribution in [2.45, 2.75) is 13.5 Å². The van der Waals surface area contributed by atoms with E-state index in [4.69, 9.17) is 10.6 Å². The summed E-state index contributed by atoms with van der Waals surface area (Å²) in [6.45, 7) is 2.04. The Hall–Kier alpha value is -1.26. The van der Waals surface area contributed by atoms with Gasteiger partial charge in [0.1, 0.15) is 0 Å². The minimum atomic E-state index is 0.0907. The van der Waals surface area contributed by atoms with Gasteiger partial charge in [-0.2, -0.15) is 0 Å². The van der Waals surface area contributed by atoms with E-state index in [1.807, 2.05) is 13.0 Å². The van der Waals surface area contributed by atoms with Crippen LogP contribution in [-0.4, -0.2) is 12.2 Å². The molecule has 4 heteroatoms. The van der Waals surface area contributed by atoms with Gasteiger partial charge in [0.05, 0.1) is 13.7 Å². The van der Waals surface area contributed by atoms with E-state index in [1.54, 1.807) is 6.07 Å². The molecule has 0 unspecified atom stereocenters. The molecule has 0 saturated heterocycles. The Kier molecular flexibility index (Phi) is 3.11. The van der Waals surface area contributed by atoms with Crippen molar-refractivity contribution in [1.82, 2.24) is 0 Å². The molecule has 1 aromatic carbocycles. The molecule has 0 aliphatic rings. The van der Waals surface area contributed by atoms with Gasteiger partial charge in [0, 0.05) is 5.56 Å². The van der Waals surface area contributed by atoms with Crippen LogP contribution in [0, 0.1) is 6.92 Å². The zero-order valence-corrected chi connectivity index (χ0v) is 7.70. The molecule has 1 aromatic rings. The molecule has 0 spiro atoms. The highest BCUT2D eigenvalue weighted by Gasteiger charge is 2.10. The molecule has 0 bridgehead atoms. The summed E-state index contributed by atoms with van der Waals surface area (Å²) < 4.78 is 4.94. The molecule has 4 nitrogen and oxygen atoms in total. The Morgan fingerprint density at radius 2 is 2.15 bits per heavy atom. The molecule has 0 radical (unpaired) electrons. The number of nitrogens with two attached hydrogens (primary N) is 1. The molecule has 13 heavy (non-hydrogen) atoms. The predicted octanol–water partition coefficient (Wildman–Crippen LogP) is 1.10. The molecular weight excluding hydrogens is 170 g/mol. The highest BCUT2D eigenvalue weighted by Crippen LogP contribution is 2.32. The summed E-state index contributed by atoms with van der Waals surface area (Å²) in [4.78, 5) is 4.47. The lowest BCUT2D eigenvalue weighted by Crippen LogP contribution is -2.01. The summed E-state index contributed by atoms with van der Waals surface area (Å²) >= 11 is 0. The number of hydrogen-bond donors (Lipinski definition) is 2. The third-order valence-electron chi connectivity index (χ3n) is 1.93. The van der Waals surface area contributed by atoms with E-state index < -0.39 is 0 Å². The largest absolute Gasteiger partial charge is 0.504 e. The molecular formula is C9H13NO3. The summed E-state index contributed by atoms with van der Waals surface area (Å²) in [5.41, 5.74) is 1.57. The maximum Gasteiger partial charge on any atom is 0.163 e. The number of aryl methyl sites for hydroxylation is 1. The molecule has 0 aliphatic heterocycles. The van der Waals surface area contributed by atoms with Crippen molar-refractivity contribution in [3.63, 3.8) is 0 Å². The molecule has 0 aliphatic carbocycles. The van der Waals surface area contributed by atoms with Crippen LogP contribution in [0.4, 0.5) is 0 Å². The first-order valence-electron chi connectivity index (χ1n) is 3.87. The number of ether oxygens (including phenoxy) is 1. The minimum Gasteiger partial charge on any atom is -0.504 e. The highest BCUT2D eigenvalue weighted by atomic mass is 16.6. The van der Waals surface area contributed by atoms with Gasteiger partial charge in [0.15, 0.2) is 11.5 Å². The van der Waals surface area contributed by atoms with Gasteiger partial charge < -0.3 is 9.84 Å². The van der Waals surface area contributed by atoms with Crippen molar-refractivity contribution in [3.8, 4) is 11.5 Å². The first-order valence-corrected chi connectivity index (χ1v) is 3.87. The van der Waals surface area contributed by atoms with Gasteiger partial charge in [-0.05, 0) is 18.6 Å². The summed E-state index contributed by atoms with van der Waals surface area (Å²) in [6.07, 6.45) is 0. The molecule has 1 rings (SSSR count). The van der Waals surface area contributed by atoms with Crippen molar-refractivity contribution in [3.05, 3.63) is 23.3 Å². The van der Waals surface area contributed by atoms with Crippen molar-refractivity contribution in [2.24, 2.45) is 5.90 Å². The van der Waals surface area contributed by atoms with E-state index in [0.29, 0.717) is 11.3 Å². The third kappa shape index (κ3) is 1.91. The third-order valence-corrected chi connectivity index (χ3v) is 1.93. The number of methoxy groups -OCH3 is 1. The standard InChI is InChI=1S/C9H13NO3/c1-6-3-4-8(12-2)9(11)7(6)5-13-10/h3-4,11H,5,10H2,1-2H3. The van der Waals surface area contributed by atoms with Gasteiger partial charge in [0.2, 0.25) is 0 Å². The fourth-order valence-electron chi connectivity index (χ4n) is 1.15. The van der Waals surface area contributed by atoms with Crippen LogP contribution < -0.4 is 10.6 Å². The molecule has 0 amide bonds. The smallest absolute Gasteiger partial charge is 0.163 e. The second kappa shape index (κ2) is 4.11. The minimum absolute atomic E-state index is 0.0907. The highest BCUT2D eigenvalue weighted by molar-refractivity contribution is 5.48. The van der Waals surface area contributed by atoms with E-state index in [9.17, 15) is 5.11 Å². The Morgan fingerprint density at radius 1 is 1.46 bits per heavy atom. The van der Waals surface area contributed by atoms with Crippen LogP contribution in [0.25, 0.3) is 0 Å². The lowest BCUT2D eigenvalue weighted by molar-refractivity contribution is 0.121. The van der Waals surface area contributed by atoms with Crippen molar-refractivity contribution < 1.29 is 14.7 Å². The van der Waals surface area contributed by atoms with Gasteiger partial charge in [0.25, 0.3) is 0 Å². The summed E-state index contributed by atoms with van der Waals surface area (Å²) in [7, 11) is 1.50. The second-order valence-electron chi connectivity index (χ2n) is 2.72. The molecule has 0 saturated carbocycles. The summed E-state index contributed by atoms with van der Waals surface area (Å²) in [6, 6.07) is 3.54. The average Bonchev–Trinajstić information content (AvgIpc) is 2.12. The van der Waals surface area contributed by atoms with E-state index >= 15 is 0 Å². The lowest BCUT2D eigenvalue weighted by Gasteiger charge is -2.10. The predicted molar refractivity (Wildman–Crippen MR) is 48.4 cm³/mol. The normalized spacial score (nSPS) is 10.1. The van der Waals surface area contributed by atoms with Crippen LogP contribution in [0.5, 0.6) is 11.5 Å². The van der Waals surface area contributed by atoms with Crippen LogP contribution in [0.15, 0.2) is 12.1 Å². The fraction of sp³-hybridized carbons (Fsp3) is 0.333. The summed E-state index contributed by atoms with van der Waals surface area (Å²) in [5.74, 6) is 5.46. The van der Waals surface area contributed by atoms with E-state index in [2.05, 4.69) is 4.84 Å². The molecule has 0 aromatic heterocycles. The van der Waals surface area contributed by atoms with Crippen molar-refractivity contribution in [2.75, 3.05) is 7.11 Å². The van der Waals surface area contributed by atoms with Crippen LogP contribution in [0.3, 0.4) is 0 Å². The Morgan fingerprint density at radius 3 is 2.69 bits per heavy atom. The number of benzene rings is 1. The van der Waals surface area contributed by atoms with Crippen LogP contribution >= 0.6 is 0 Å². The number of aromatic hydroxyl groups is 1. The molecule has 0 heterocycles. The molecule has 72 valence electrons. The Balaban J connectivity index is 3.13. The molecule has 3 N–H and O–H groups in total. The van der Waals surface area contributed by atoms with Crippen LogP contribution in [0.2, 0.25) is 0 Å². The van der Waals surface area contributed by atoms with E-state index in [-0.39, 0.29) is 12.4 Å². The average molecular weight is 183 g/mol. The van der Waals surface area contributed by atoms with Crippen LogP contribution in [0.1, 0.15) is 11.1 Å². The van der Waals surface area contributed by atoms with E-state index in [1.165, 1.54) is 7.11 Å². The quantitative estimate of drug-likeness (QED) is 0.689. The van der Waals surface area contributed by atoms with Gasteiger partial charge in [-0.15, -0.1) is 0 Å². The van der Waals surface area contributed by atoms with Gasteiger partial charge >= 0.3 is 0 Å². The zero-order chi connectivity index (χ0) is 9.84. The Labute approximate surface area is 76.8 Å².